The lowest BCUT2D eigenvalue weighted by atomic mass is 10.2. The first-order valence-electron chi connectivity index (χ1n) is 3.67. The van der Waals surface area contributed by atoms with Gasteiger partial charge in [0.1, 0.15) is 0 Å². The van der Waals surface area contributed by atoms with Crippen LogP contribution in [0.25, 0.3) is 5.52 Å². The summed E-state index contributed by atoms with van der Waals surface area (Å²) >= 11 is 0. The molecule has 2 rings (SSSR count). The van der Waals surface area contributed by atoms with Gasteiger partial charge in [-0.2, -0.15) is 0 Å². The second-order valence-electron chi connectivity index (χ2n) is 2.83. The molecule has 2 aromatic rings. The van der Waals surface area contributed by atoms with Crippen LogP contribution in [0.2, 0.25) is 0 Å². The van der Waals surface area contributed by atoms with Crippen molar-refractivity contribution in [3.8, 4) is 0 Å². The van der Waals surface area contributed by atoms with Gasteiger partial charge in [-0.15, -0.1) is 0 Å². The summed E-state index contributed by atoms with van der Waals surface area (Å²) in [5.41, 5.74) is 3.82. The van der Waals surface area contributed by atoms with E-state index in [9.17, 15) is 0 Å². The standard InChI is InChI=1S/C9H10N2/c1-7-3-4-11-6-10-5-8(2)9(7)11/h3-6H,1-2H3. The van der Waals surface area contributed by atoms with E-state index in [-0.39, 0.29) is 0 Å². The molecule has 0 N–H and O–H groups in total. The predicted molar refractivity (Wildman–Crippen MR) is 44.7 cm³/mol. The predicted octanol–water partition coefficient (Wildman–Crippen LogP) is 1.95. The Morgan fingerprint density at radius 2 is 2.09 bits per heavy atom. The highest BCUT2D eigenvalue weighted by molar-refractivity contribution is 5.59. The summed E-state index contributed by atoms with van der Waals surface area (Å²) in [4.78, 5) is 4.09. The summed E-state index contributed by atoms with van der Waals surface area (Å²) in [5.74, 6) is 0. The Labute approximate surface area is 65.5 Å². The smallest absolute Gasteiger partial charge is 0.0990 e. The van der Waals surface area contributed by atoms with Gasteiger partial charge in [-0.25, -0.2) is 4.98 Å². The van der Waals surface area contributed by atoms with E-state index in [0.29, 0.717) is 0 Å². The van der Waals surface area contributed by atoms with Crippen LogP contribution in [-0.2, 0) is 0 Å². The summed E-state index contributed by atoms with van der Waals surface area (Å²) in [6.45, 7) is 4.19. The summed E-state index contributed by atoms with van der Waals surface area (Å²) in [6, 6.07) is 2.10. The highest BCUT2D eigenvalue weighted by Gasteiger charge is 1.99. The molecule has 0 amide bonds. The first-order chi connectivity index (χ1) is 5.29. The molecule has 0 saturated carbocycles. The van der Waals surface area contributed by atoms with Crippen LogP contribution in [0.1, 0.15) is 11.1 Å². The lowest BCUT2D eigenvalue weighted by molar-refractivity contribution is 1.07. The van der Waals surface area contributed by atoms with Gasteiger partial charge in [0.15, 0.2) is 0 Å². The van der Waals surface area contributed by atoms with E-state index in [4.69, 9.17) is 0 Å². The van der Waals surface area contributed by atoms with E-state index in [2.05, 4.69) is 24.9 Å². The van der Waals surface area contributed by atoms with Crippen LogP contribution in [0.15, 0.2) is 24.8 Å². The Hall–Kier alpha value is -1.31. The summed E-state index contributed by atoms with van der Waals surface area (Å²) in [6.07, 6.45) is 5.75. The third kappa shape index (κ3) is 0.827. The Balaban J connectivity index is 2.96. The Morgan fingerprint density at radius 1 is 1.27 bits per heavy atom. The molecule has 0 bridgehead atoms. The number of nitrogens with zero attached hydrogens (tertiary/aromatic N) is 2. The SMILES string of the molecule is Cc1ccn2cncc(C)c12. The Bertz CT molecular complexity index is 387. The lowest BCUT2D eigenvalue weighted by Crippen LogP contribution is -1.87. The molecule has 56 valence electrons. The molecule has 0 spiro atoms. The van der Waals surface area contributed by atoms with Crippen LogP contribution in [0.5, 0.6) is 0 Å². The Morgan fingerprint density at radius 3 is 2.82 bits per heavy atom. The Kier molecular flexibility index (Phi) is 1.22. The number of fused-ring (bicyclic) bond motifs is 1. The molecule has 0 aliphatic heterocycles. The molecule has 0 atom stereocenters. The van der Waals surface area contributed by atoms with Gasteiger partial charge < -0.3 is 4.40 Å². The molecule has 2 aromatic heterocycles. The van der Waals surface area contributed by atoms with Gasteiger partial charge in [-0.1, -0.05) is 0 Å². The van der Waals surface area contributed by atoms with Crippen molar-refractivity contribution in [2.24, 2.45) is 0 Å². The number of aryl methyl sites for hydroxylation is 2. The van der Waals surface area contributed by atoms with Crippen molar-refractivity contribution in [2.45, 2.75) is 13.8 Å². The molecule has 0 fully saturated rings. The summed E-state index contributed by atoms with van der Waals surface area (Å²) in [7, 11) is 0. The average molecular weight is 146 g/mol. The van der Waals surface area contributed by atoms with E-state index < -0.39 is 0 Å². The second kappa shape index (κ2) is 2.09. The van der Waals surface area contributed by atoms with Crippen LogP contribution in [0, 0.1) is 13.8 Å². The zero-order chi connectivity index (χ0) is 7.84. The zero-order valence-electron chi connectivity index (χ0n) is 6.70. The third-order valence-electron chi connectivity index (χ3n) is 1.95. The van der Waals surface area contributed by atoms with Gasteiger partial charge in [-0.05, 0) is 31.0 Å². The fourth-order valence-corrected chi connectivity index (χ4v) is 1.44. The van der Waals surface area contributed by atoms with Gasteiger partial charge in [0, 0.05) is 12.4 Å². The molecule has 0 aliphatic carbocycles. The molecule has 0 aliphatic rings. The van der Waals surface area contributed by atoms with Crippen LogP contribution < -0.4 is 0 Å². The van der Waals surface area contributed by atoms with Crippen molar-refractivity contribution in [2.75, 3.05) is 0 Å². The maximum atomic E-state index is 4.09. The monoisotopic (exact) mass is 146 g/mol. The van der Waals surface area contributed by atoms with Gasteiger partial charge in [0.2, 0.25) is 0 Å². The van der Waals surface area contributed by atoms with Crippen molar-refractivity contribution in [3.05, 3.63) is 35.9 Å². The number of hydrogen-bond acceptors (Lipinski definition) is 1. The van der Waals surface area contributed by atoms with Crippen molar-refractivity contribution in [3.63, 3.8) is 0 Å². The third-order valence-corrected chi connectivity index (χ3v) is 1.95. The number of rotatable bonds is 0. The highest BCUT2D eigenvalue weighted by atomic mass is 14.9. The fraction of sp³-hybridized carbons (Fsp3) is 0.222. The van der Waals surface area contributed by atoms with Gasteiger partial charge in [-0.3, -0.25) is 0 Å². The van der Waals surface area contributed by atoms with Crippen molar-refractivity contribution >= 4 is 5.52 Å². The number of hydrogen-bond donors (Lipinski definition) is 0. The van der Waals surface area contributed by atoms with Crippen LogP contribution in [-0.4, -0.2) is 9.38 Å². The maximum absolute atomic E-state index is 4.09. The molecule has 2 heteroatoms. The minimum atomic E-state index is 1.23. The fourth-order valence-electron chi connectivity index (χ4n) is 1.44. The zero-order valence-corrected chi connectivity index (χ0v) is 6.70. The van der Waals surface area contributed by atoms with E-state index in [1.807, 2.05) is 23.1 Å². The second-order valence-corrected chi connectivity index (χ2v) is 2.83. The molecular formula is C9H10N2. The van der Waals surface area contributed by atoms with Crippen molar-refractivity contribution in [1.29, 1.82) is 0 Å². The molecule has 0 radical (unpaired) electrons. The lowest BCUT2D eigenvalue weighted by Gasteiger charge is -1.97. The molecule has 2 heterocycles. The molecular weight excluding hydrogens is 136 g/mol. The van der Waals surface area contributed by atoms with Gasteiger partial charge in [0.25, 0.3) is 0 Å². The van der Waals surface area contributed by atoms with Gasteiger partial charge >= 0.3 is 0 Å². The van der Waals surface area contributed by atoms with Gasteiger partial charge in [0.05, 0.1) is 11.8 Å². The first-order valence-corrected chi connectivity index (χ1v) is 3.67. The summed E-state index contributed by atoms with van der Waals surface area (Å²) in [5, 5.41) is 0. The van der Waals surface area contributed by atoms with E-state index >= 15 is 0 Å². The largest absolute Gasteiger partial charge is 0.307 e. The molecule has 0 aromatic carbocycles. The van der Waals surface area contributed by atoms with Crippen molar-refractivity contribution < 1.29 is 0 Å². The minimum Gasteiger partial charge on any atom is -0.307 e. The van der Waals surface area contributed by atoms with Crippen molar-refractivity contribution in [1.82, 2.24) is 9.38 Å². The highest BCUT2D eigenvalue weighted by Crippen LogP contribution is 2.13. The molecule has 11 heavy (non-hydrogen) atoms. The van der Waals surface area contributed by atoms with E-state index in [0.717, 1.165) is 0 Å². The normalized spacial score (nSPS) is 10.7. The number of aromatic nitrogens is 2. The summed E-state index contributed by atoms with van der Waals surface area (Å²) < 4.78 is 2.05. The average Bonchev–Trinajstić information content (AvgIpc) is 2.34. The van der Waals surface area contributed by atoms with E-state index in [1.165, 1.54) is 16.6 Å². The van der Waals surface area contributed by atoms with Crippen LogP contribution >= 0.6 is 0 Å². The quantitative estimate of drug-likeness (QED) is 0.555. The molecule has 2 nitrogen and oxygen atoms in total. The molecule has 0 saturated heterocycles. The minimum absolute atomic E-state index is 1.23. The van der Waals surface area contributed by atoms with Crippen LogP contribution in [0.4, 0.5) is 0 Å². The van der Waals surface area contributed by atoms with E-state index in [1.54, 1.807) is 0 Å². The first kappa shape index (κ1) is 6.40. The maximum Gasteiger partial charge on any atom is 0.0990 e. The molecule has 0 unspecified atom stereocenters. The van der Waals surface area contributed by atoms with Crippen LogP contribution in [0.3, 0.4) is 0 Å². The topological polar surface area (TPSA) is 17.3 Å².